The Morgan fingerprint density at radius 3 is 2.48 bits per heavy atom. The lowest BCUT2D eigenvalue weighted by molar-refractivity contribution is -0.221. The summed E-state index contributed by atoms with van der Waals surface area (Å²) in [5.74, 6) is -0.642. The summed E-state index contributed by atoms with van der Waals surface area (Å²) < 4.78 is 6.55. The summed E-state index contributed by atoms with van der Waals surface area (Å²) in [6, 6.07) is 0. The van der Waals surface area contributed by atoms with E-state index in [0.717, 1.165) is 0 Å². The van der Waals surface area contributed by atoms with Gasteiger partial charge in [0.15, 0.2) is 17.2 Å². The number of nitrogens with zero attached hydrogens (tertiary/aromatic N) is 2. The van der Waals surface area contributed by atoms with Crippen LogP contribution in [0.1, 0.15) is 17.3 Å². The molecule has 1 fully saturated rings. The maximum absolute atomic E-state index is 12.4. The van der Waals surface area contributed by atoms with Crippen molar-refractivity contribution in [3.05, 3.63) is 15.9 Å². The second kappa shape index (κ2) is 7.81. The van der Waals surface area contributed by atoms with E-state index in [1.54, 1.807) is 6.26 Å². The summed E-state index contributed by atoms with van der Waals surface area (Å²) in [6.07, 6.45) is -5.38. The molecule has 10 nitrogen and oxygen atoms in total. The Morgan fingerprint density at radius 2 is 1.96 bits per heavy atom. The van der Waals surface area contributed by atoms with Gasteiger partial charge in [0.2, 0.25) is 0 Å². The van der Waals surface area contributed by atoms with Gasteiger partial charge in [0.25, 0.3) is 5.56 Å². The van der Waals surface area contributed by atoms with Crippen molar-refractivity contribution in [2.24, 2.45) is 7.05 Å². The molecule has 1 aliphatic heterocycles. The van der Waals surface area contributed by atoms with Gasteiger partial charge < -0.3 is 30.5 Å². The molecule has 2 heterocycles. The fourth-order valence-electron chi connectivity index (χ4n) is 2.54. The summed E-state index contributed by atoms with van der Waals surface area (Å²) in [4.78, 5) is 28.4. The van der Waals surface area contributed by atoms with Gasteiger partial charge >= 0.3 is 0 Å². The molecular weight excluding hydrogens is 354 g/mol. The molecule has 1 aromatic heterocycles. The Balaban J connectivity index is 2.43. The number of carbonyl (C=O) groups is 1. The zero-order valence-corrected chi connectivity index (χ0v) is 14.7. The number of thioether (sulfide) groups is 1. The van der Waals surface area contributed by atoms with E-state index in [4.69, 9.17) is 4.74 Å². The number of aliphatic hydroxyl groups is 4. The fourth-order valence-corrected chi connectivity index (χ4v) is 3.08. The average molecular weight is 375 g/mol. The maximum atomic E-state index is 12.4. The highest BCUT2D eigenvalue weighted by Gasteiger charge is 2.44. The van der Waals surface area contributed by atoms with E-state index in [1.165, 1.54) is 30.3 Å². The molecule has 1 saturated heterocycles. The van der Waals surface area contributed by atoms with Crippen LogP contribution < -0.4 is 10.9 Å². The van der Waals surface area contributed by atoms with Crippen LogP contribution in [0.3, 0.4) is 0 Å². The standard InChI is InChI=1S/C14H21N3O7S/c1-5(19)7-11(16-14(25-3)17(2)13(7)23)15-12-10(22)9(21)8(20)6(4-18)24-12/h6,8-10,12,15,18,20-22H,4H2,1-3H3/t6-,8+,9+,10-,12-/m0/s1. The van der Waals surface area contributed by atoms with Crippen LogP contribution in [-0.2, 0) is 11.8 Å². The number of hydrogen-bond acceptors (Lipinski definition) is 10. The van der Waals surface area contributed by atoms with Gasteiger partial charge in [0.05, 0.1) is 6.61 Å². The quantitative estimate of drug-likeness (QED) is 0.220. The normalized spacial score (nSPS) is 29.5. The van der Waals surface area contributed by atoms with Crippen LogP contribution in [0, 0.1) is 0 Å². The molecule has 25 heavy (non-hydrogen) atoms. The smallest absolute Gasteiger partial charge is 0.266 e. The summed E-state index contributed by atoms with van der Waals surface area (Å²) in [5, 5.41) is 41.9. The number of Topliss-reactive ketones (excluding diaryl/α,β-unsaturated/α-hetero) is 1. The van der Waals surface area contributed by atoms with Crippen molar-refractivity contribution >= 4 is 23.4 Å². The topological polar surface area (TPSA) is 154 Å². The monoisotopic (exact) mass is 375 g/mol. The number of hydrogen-bond donors (Lipinski definition) is 5. The second-order valence-electron chi connectivity index (χ2n) is 5.64. The van der Waals surface area contributed by atoms with Crippen molar-refractivity contribution in [3.63, 3.8) is 0 Å². The first kappa shape index (κ1) is 19.8. The number of anilines is 1. The Kier molecular flexibility index (Phi) is 6.19. The van der Waals surface area contributed by atoms with Crippen LogP contribution in [-0.4, -0.2) is 79.3 Å². The van der Waals surface area contributed by atoms with E-state index in [0.29, 0.717) is 5.16 Å². The molecule has 140 valence electrons. The molecule has 5 atom stereocenters. The lowest BCUT2D eigenvalue weighted by Crippen LogP contribution is -2.60. The number of ketones is 1. The number of rotatable bonds is 5. The van der Waals surface area contributed by atoms with Gasteiger partial charge in [-0.15, -0.1) is 0 Å². The third-order valence-electron chi connectivity index (χ3n) is 3.96. The van der Waals surface area contributed by atoms with Gasteiger partial charge in [0, 0.05) is 7.05 Å². The van der Waals surface area contributed by atoms with Gasteiger partial charge in [-0.05, 0) is 13.2 Å². The van der Waals surface area contributed by atoms with Crippen molar-refractivity contribution in [3.8, 4) is 0 Å². The largest absolute Gasteiger partial charge is 0.394 e. The predicted octanol–water partition coefficient (Wildman–Crippen LogP) is -2.08. The number of ether oxygens (including phenoxy) is 1. The van der Waals surface area contributed by atoms with Gasteiger partial charge in [-0.2, -0.15) is 0 Å². The second-order valence-corrected chi connectivity index (χ2v) is 6.41. The molecule has 1 aromatic rings. The molecule has 0 unspecified atom stereocenters. The lowest BCUT2D eigenvalue weighted by atomic mass is 9.98. The Morgan fingerprint density at radius 1 is 1.32 bits per heavy atom. The summed E-state index contributed by atoms with van der Waals surface area (Å²) in [5.41, 5.74) is -0.795. The van der Waals surface area contributed by atoms with E-state index in [-0.39, 0.29) is 11.4 Å². The van der Waals surface area contributed by atoms with Gasteiger partial charge in [-0.25, -0.2) is 4.98 Å². The minimum atomic E-state index is -1.59. The molecule has 0 bridgehead atoms. The van der Waals surface area contributed by atoms with Crippen LogP contribution in [0.4, 0.5) is 5.82 Å². The maximum Gasteiger partial charge on any atom is 0.266 e. The summed E-state index contributed by atoms with van der Waals surface area (Å²) in [7, 11) is 1.48. The first-order valence-electron chi connectivity index (χ1n) is 7.45. The fraction of sp³-hybridized carbons (Fsp3) is 0.643. The van der Waals surface area contributed by atoms with Crippen molar-refractivity contribution in [2.75, 3.05) is 18.2 Å². The van der Waals surface area contributed by atoms with Crippen LogP contribution in [0.5, 0.6) is 0 Å². The molecule has 0 radical (unpaired) electrons. The molecule has 0 aromatic carbocycles. The van der Waals surface area contributed by atoms with E-state index < -0.39 is 48.6 Å². The molecule has 0 amide bonds. The summed E-state index contributed by atoms with van der Waals surface area (Å²) >= 11 is 1.18. The highest BCUT2D eigenvalue weighted by Crippen LogP contribution is 2.24. The van der Waals surface area contributed by atoms with Gasteiger partial charge in [0.1, 0.15) is 35.8 Å². The van der Waals surface area contributed by atoms with Crippen molar-refractivity contribution in [2.45, 2.75) is 42.7 Å². The molecule has 0 saturated carbocycles. The van der Waals surface area contributed by atoms with Crippen molar-refractivity contribution in [1.29, 1.82) is 0 Å². The van der Waals surface area contributed by atoms with Gasteiger partial charge in [-0.3, -0.25) is 14.2 Å². The molecule has 0 aliphatic carbocycles. The molecule has 11 heteroatoms. The lowest BCUT2D eigenvalue weighted by Gasteiger charge is -2.40. The molecule has 2 rings (SSSR count). The Hall–Kier alpha value is -1.50. The number of aliphatic hydroxyl groups excluding tert-OH is 4. The number of nitrogens with one attached hydrogen (secondary N) is 1. The molecule has 5 N–H and O–H groups in total. The average Bonchev–Trinajstić information content (AvgIpc) is 2.57. The minimum Gasteiger partial charge on any atom is -0.394 e. The molecule has 0 spiro atoms. The number of carbonyl (C=O) groups excluding carboxylic acids is 1. The number of aromatic nitrogens is 2. The third kappa shape index (κ3) is 3.71. The first-order chi connectivity index (χ1) is 11.7. The van der Waals surface area contributed by atoms with Crippen LogP contribution in [0.2, 0.25) is 0 Å². The summed E-state index contributed by atoms with van der Waals surface area (Å²) in [6.45, 7) is 0.610. The first-order valence-corrected chi connectivity index (χ1v) is 8.68. The van der Waals surface area contributed by atoms with Crippen LogP contribution >= 0.6 is 11.8 Å². The predicted molar refractivity (Wildman–Crippen MR) is 88.7 cm³/mol. The van der Waals surface area contributed by atoms with Crippen LogP contribution in [0.15, 0.2) is 9.95 Å². The molecule has 1 aliphatic rings. The van der Waals surface area contributed by atoms with E-state index in [1.807, 2.05) is 0 Å². The zero-order chi connectivity index (χ0) is 18.9. The zero-order valence-electron chi connectivity index (χ0n) is 13.9. The van der Waals surface area contributed by atoms with E-state index in [2.05, 4.69) is 10.3 Å². The van der Waals surface area contributed by atoms with Crippen LogP contribution in [0.25, 0.3) is 0 Å². The molecular formula is C14H21N3O7S. The van der Waals surface area contributed by atoms with E-state index in [9.17, 15) is 30.0 Å². The minimum absolute atomic E-state index is 0.107. The SMILES string of the molecule is CSc1nc(N[C@H]2O[C@@H](CO)[C@@H](O)[C@@H](O)[C@@H]2O)c(C(C)=O)c(=O)n1C. The van der Waals surface area contributed by atoms with Gasteiger partial charge in [-0.1, -0.05) is 11.8 Å². The highest BCUT2D eigenvalue weighted by molar-refractivity contribution is 7.98. The van der Waals surface area contributed by atoms with E-state index >= 15 is 0 Å². The Labute approximate surface area is 147 Å². The highest BCUT2D eigenvalue weighted by atomic mass is 32.2. The van der Waals surface area contributed by atoms with Crippen molar-refractivity contribution < 1.29 is 30.0 Å². The third-order valence-corrected chi connectivity index (χ3v) is 4.69. The Bertz CT molecular complexity index is 708. The van der Waals surface area contributed by atoms with Crippen molar-refractivity contribution in [1.82, 2.24) is 9.55 Å².